The van der Waals surface area contributed by atoms with Gasteiger partial charge < -0.3 is 5.73 Å². The predicted octanol–water partition coefficient (Wildman–Crippen LogP) is 2.89. The zero-order valence-electron chi connectivity index (χ0n) is 7.95. The van der Waals surface area contributed by atoms with E-state index in [9.17, 15) is 0 Å². The van der Waals surface area contributed by atoms with E-state index in [0.717, 1.165) is 10.8 Å². The molecule has 1 aromatic rings. The van der Waals surface area contributed by atoms with Gasteiger partial charge in [-0.1, -0.05) is 23.7 Å². The van der Waals surface area contributed by atoms with Crippen LogP contribution >= 0.6 is 23.4 Å². The highest BCUT2D eigenvalue weighted by Crippen LogP contribution is 2.31. The average Bonchev–Trinajstić information content (AvgIpc) is 2.18. The van der Waals surface area contributed by atoms with Crippen LogP contribution in [0.2, 0.25) is 5.02 Å². The molecule has 14 heavy (non-hydrogen) atoms. The Morgan fingerprint density at radius 1 is 1.43 bits per heavy atom. The zero-order valence-corrected chi connectivity index (χ0v) is 9.52. The molecule has 1 heterocycles. The first-order valence-electron chi connectivity index (χ1n) is 4.86. The fourth-order valence-corrected chi connectivity index (χ4v) is 3.20. The third-order valence-corrected chi connectivity index (χ3v) is 4.06. The molecule has 2 N–H and O–H groups in total. The first-order valence-corrected chi connectivity index (χ1v) is 6.39. The van der Waals surface area contributed by atoms with Crippen molar-refractivity contribution in [1.82, 2.24) is 0 Å². The van der Waals surface area contributed by atoms with E-state index in [2.05, 4.69) is 6.07 Å². The van der Waals surface area contributed by atoms with Gasteiger partial charge in [0, 0.05) is 22.7 Å². The topological polar surface area (TPSA) is 26.0 Å². The molecule has 3 heteroatoms. The lowest BCUT2D eigenvalue weighted by Gasteiger charge is -2.28. The molecule has 0 saturated carbocycles. The van der Waals surface area contributed by atoms with Crippen LogP contribution in [-0.2, 0) is 0 Å². The van der Waals surface area contributed by atoms with E-state index in [-0.39, 0.29) is 6.04 Å². The normalized spacial score (nSPS) is 27.6. The second kappa shape index (κ2) is 4.56. The van der Waals surface area contributed by atoms with Crippen molar-refractivity contribution < 1.29 is 0 Å². The molecule has 2 rings (SSSR count). The van der Waals surface area contributed by atoms with Crippen LogP contribution in [-0.4, -0.2) is 17.5 Å². The lowest BCUT2D eigenvalue weighted by molar-refractivity contribution is 0.549. The van der Waals surface area contributed by atoms with Gasteiger partial charge in [-0.05, 0) is 29.9 Å². The van der Waals surface area contributed by atoms with Crippen molar-refractivity contribution in [2.45, 2.75) is 18.4 Å². The van der Waals surface area contributed by atoms with Crippen molar-refractivity contribution in [3.63, 3.8) is 0 Å². The molecule has 1 aromatic carbocycles. The monoisotopic (exact) mass is 227 g/mol. The van der Waals surface area contributed by atoms with Crippen LogP contribution in [0.1, 0.15) is 17.9 Å². The van der Waals surface area contributed by atoms with E-state index in [1.54, 1.807) is 0 Å². The molecule has 0 spiro atoms. The first-order chi connectivity index (χ1) is 6.77. The van der Waals surface area contributed by atoms with Crippen LogP contribution in [0.3, 0.4) is 0 Å². The Hall–Kier alpha value is -0.180. The molecule has 1 saturated heterocycles. The highest BCUT2D eigenvalue weighted by molar-refractivity contribution is 7.99. The molecule has 2 atom stereocenters. The SMILES string of the molecule is NC1CSCCC1c1cccc(Cl)c1. The maximum absolute atomic E-state index is 6.10. The van der Waals surface area contributed by atoms with Gasteiger partial charge in [-0.25, -0.2) is 0 Å². The van der Waals surface area contributed by atoms with E-state index < -0.39 is 0 Å². The lowest BCUT2D eigenvalue weighted by Crippen LogP contribution is -2.34. The lowest BCUT2D eigenvalue weighted by atomic mass is 9.90. The van der Waals surface area contributed by atoms with E-state index >= 15 is 0 Å². The zero-order chi connectivity index (χ0) is 9.97. The number of hydrogen-bond donors (Lipinski definition) is 1. The summed E-state index contributed by atoms with van der Waals surface area (Å²) >= 11 is 7.91. The van der Waals surface area contributed by atoms with E-state index in [1.807, 2.05) is 30.0 Å². The maximum atomic E-state index is 6.10. The molecular formula is C11H14ClNS. The molecular weight excluding hydrogens is 214 g/mol. The van der Waals surface area contributed by atoms with Crippen LogP contribution in [0.5, 0.6) is 0 Å². The summed E-state index contributed by atoms with van der Waals surface area (Å²) in [5.41, 5.74) is 7.39. The number of benzene rings is 1. The first kappa shape index (κ1) is 10.3. The Morgan fingerprint density at radius 2 is 2.29 bits per heavy atom. The number of thioether (sulfide) groups is 1. The minimum atomic E-state index is 0.284. The number of nitrogens with two attached hydrogens (primary N) is 1. The molecule has 0 amide bonds. The molecule has 0 aliphatic carbocycles. The van der Waals surface area contributed by atoms with Gasteiger partial charge in [0.05, 0.1) is 0 Å². The van der Waals surface area contributed by atoms with Crippen LogP contribution in [0.25, 0.3) is 0 Å². The van der Waals surface area contributed by atoms with Crippen molar-refractivity contribution in [3.8, 4) is 0 Å². The fraction of sp³-hybridized carbons (Fsp3) is 0.455. The van der Waals surface area contributed by atoms with Crippen LogP contribution in [0, 0.1) is 0 Å². The highest BCUT2D eigenvalue weighted by Gasteiger charge is 2.23. The van der Waals surface area contributed by atoms with Crippen molar-refractivity contribution >= 4 is 23.4 Å². The standard InChI is InChI=1S/C11H14ClNS/c12-9-3-1-2-8(6-9)10-4-5-14-7-11(10)13/h1-3,6,10-11H,4-5,7,13H2. The third kappa shape index (κ3) is 2.25. The maximum Gasteiger partial charge on any atom is 0.0408 e. The minimum Gasteiger partial charge on any atom is -0.326 e. The van der Waals surface area contributed by atoms with Crippen molar-refractivity contribution in [3.05, 3.63) is 34.9 Å². The van der Waals surface area contributed by atoms with Gasteiger partial charge in [-0.3, -0.25) is 0 Å². The number of halogens is 1. The van der Waals surface area contributed by atoms with Gasteiger partial charge in [-0.15, -0.1) is 0 Å². The van der Waals surface area contributed by atoms with Gasteiger partial charge >= 0.3 is 0 Å². The smallest absolute Gasteiger partial charge is 0.0408 e. The molecule has 1 nitrogen and oxygen atoms in total. The quantitative estimate of drug-likeness (QED) is 0.799. The summed E-state index contributed by atoms with van der Waals surface area (Å²) < 4.78 is 0. The molecule has 1 aliphatic rings. The summed E-state index contributed by atoms with van der Waals surface area (Å²) in [6.07, 6.45) is 1.17. The summed E-state index contributed by atoms with van der Waals surface area (Å²) in [6.45, 7) is 0. The molecule has 0 bridgehead atoms. The number of rotatable bonds is 1. The summed E-state index contributed by atoms with van der Waals surface area (Å²) in [5, 5.41) is 0.813. The molecule has 1 fully saturated rings. The largest absolute Gasteiger partial charge is 0.326 e. The number of hydrogen-bond acceptors (Lipinski definition) is 2. The summed E-state index contributed by atoms with van der Waals surface area (Å²) in [6, 6.07) is 8.38. The molecule has 2 unspecified atom stereocenters. The molecule has 1 aliphatic heterocycles. The fourth-order valence-electron chi connectivity index (χ4n) is 1.91. The second-order valence-electron chi connectivity index (χ2n) is 3.69. The van der Waals surface area contributed by atoms with Crippen LogP contribution in [0.4, 0.5) is 0 Å². The third-order valence-electron chi connectivity index (χ3n) is 2.68. The molecule has 0 aromatic heterocycles. The van der Waals surface area contributed by atoms with Gasteiger partial charge in [0.25, 0.3) is 0 Å². The summed E-state index contributed by atoms with van der Waals surface area (Å²) in [5.74, 6) is 2.78. The Kier molecular flexibility index (Phi) is 3.37. The van der Waals surface area contributed by atoms with Crippen molar-refractivity contribution in [1.29, 1.82) is 0 Å². The van der Waals surface area contributed by atoms with Crippen LogP contribution in [0.15, 0.2) is 24.3 Å². The Labute approximate surface area is 94.0 Å². The Morgan fingerprint density at radius 3 is 3.00 bits per heavy atom. The van der Waals surface area contributed by atoms with E-state index in [1.165, 1.54) is 17.7 Å². The summed E-state index contributed by atoms with van der Waals surface area (Å²) in [4.78, 5) is 0. The minimum absolute atomic E-state index is 0.284. The van der Waals surface area contributed by atoms with Gasteiger partial charge in [0.1, 0.15) is 0 Å². The predicted molar refractivity (Wildman–Crippen MR) is 64.1 cm³/mol. The molecule has 0 radical (unpaired) electrons. The van der Waals surface area contributed by atoms with E-state index in [4.69, 9.17) is 17.3 Å². The van der Waals surface area contributed by atoms with Crippen molar-refractivity contribution in [2.24, 2.45) is 5.73 Å². The van der Waals surface area contributed by atoms with Gasteiger partial charge in [0.15, 0.2) is 0 Å². The second-order valence-corrected chi connectivity index (χ2v) is 5.28. The molecule has 76 valence electrons. The van der Waals surface area contributed by atoms with Gasteiger partial charge in [-0.2, -0.15) is 11.8 Å². The Bertz CT molecular complexity index is 316. The Balaban J connectivity index is 2.20. The van der Waals surface area contributed by atoms with Crippen molar-refractivity contribution in [2.75, 3.05) is 11.5 Å². The summed E-state index contributed by atoms with van der Waals surface area (Å²) in [7, 11) is 0. The van der Waals surface area contributed by atoms with E-state index in [0.29, 0.717) is 5.92 Å². The highest BCUT2D eigenvalue weighted by atomic mass is 35.5. The van der Waals surface area contributed by atoms with Crippen LogP contribution < -0.4 is 5.73 Å². The van der Waals surface area contributed by atoms with Gasteiger partial charge in [0.2, 0.25) is 0 Å². The average molecular weight is 228 g/mol.